The molecule has 2 aromatic rings. The molecule has 1 heterocycles. The van der Waals surface area contributed by atoms with Gasteiger partial charge in [0, 0.05) is 30.4 Å². The third kappa shape index (κ3) is 5.71. The molecule has 2 amide bonds. The van der Waals surface area contributed by atoms with E-state index in [1.165, 1.54) is 0 Å². The second kappa shape index (κ2) is 8.97. The van der Waals surface area contributed by atoms with E-state index in [0.717, 1.165) is 11.3 Å². The fourth-order valence-electron chi connectivity index (χ4n) is 2.43. The molecule has 132 valence electrons. The Morgan fingerprint density at radius 2 is 1.80 bits per heavy atom. The van der Waals surface area contributed by atoms with E-state index in [4.69, 9.17) is 0 Å². The summed E-state index contributed by atoms with van der Waals surface area (Å²) in [5.41, 5.74) is 2.56. The maximum absolute atomic E-state index is 12.4. The van der Waals surface area contributed by atoms with Crippen molar-refractivity contribution in [1.29, 1.82) is 0 Å². The van der Waals surface area contributed by atoms with Gasteiger partial charge in [0.25, 0.3) is 5.91 Å². The number of amides is 2. The number of aryl methyl sites for hydroxylation is 1. The van der Waals surface area contributed by atoms with Gasteiger partial charge in [0.15, 0.2) is 0 Å². The van der Waals surface area contributed by atoms with Crippen LogP contribution in [-0.2, 0) is 11.2 Å². The van der Waals surface area contributed by atoms with Crippen LogP contribution in [0.1, 0.15) is 35.5 Å². The quantitative estimate of drug-likeness (QED) is 0.814. The van der Waals surface area contributed by atoms with Crippen molar-refractivity contribution in [2.45, 2.75) is 33.2 Å². The molecule has 0 aliphatic rings. The molecule has 0 bridgehead atoms. The van der Waals surface area contributed by atoms with Crippen molar-refractivity contribution in [3.63, 3.8) is 0 Å². The lowest BCUT2D eigenvalue weighted by molar-refractivity contribution is -0.123. The van der Waals surface area contributed by atoms with Gasteiger partial charge in [0.1, 0.15) is 6.04 Å². The smallest absolute Gasteiger partial charge is 0.251 e. The minimum absolute atomic E-state index is 0.00995. The summed E-state index contributed by atoms with van der Waals surface area (Å²) in [5.74, 6) is -0.422. The zero-order valence-electron chi connectivity index (χ0n) is 15.0. The van der Waals surface area contributed by atoms with Crippen LogP contribution < -0.4 is 10.6 Å². The van der Waals surface area contributed by atoms with Gasteiger partial charge in [0.05, 0.1) is 0 Å². The fraction of sp³-hybridized carbons (Fsp3) is 0.350. The molecule has 1 atom stereocenters. The van der Waals surface area contributed by atoms with Crippen LogP contribution in [0.2, 0.25) is 0 Å². The first kappa shape index (κ1) is 18.6. The van der Waals surface area contributed by atoms with Crippen LogP contribution in [0.4, 0.5) is 0 Å². The zero-order chi connectivity index (χ0) is 18.2. The normalized spacial score (nSPS) is 11.8. The molecule has 2 rings (SSSR count). The first-order valence-electron chi connectivity index (χ1n) is 8.52. The summed E-state index contributed by atoms with van der Waals surface area (Å²) in [5, 5.41) is 5.72. The Morgan fingerprint density at radius 1 is 1.08 bits per heavy atom. The van der Waals surface area contributed by atoms with E-state index < -0.39 is 6.04 Å². The summed E-state index contributed by atoms with van der Waals surface area (Å²) in [4.78, 5) is 29.0. The van der Waals surface area contributed by atoms with Crippen LogP contribution in [0.25, 0.3) is 0 Å². The number of benzene rings is 1. The predicted octanol–water partition coefficient (Wildman–Crippen LogP) is 2.50. The van der Waals surface area contributed by atoms with E-state index in [9.17, 15) is 9.59 Å². The summed E-state index contributed by atoms with van der Waals surface area (Å²) in [6.07, 6.45) is 2.39. The number of hydrogen-bond donors (Lipinski definition) is 2. The van der Waals surface area contributed by atoms with E-state index in [-0.39, 0.29) is 17.7 Å². The van der Waals surface area contributed by atoms with Crippen molar-refractivity contribution in [2.24, 2.45) is 5.92 Å². The minimum atomic E-state index is -0.572. The van der Waals surface area contributed by atoms with E-state index in [0.29, 0.717) is 18.5 Å². The Labute approximate surface area is 148 Å². The van der Waals surface area contributed by atoms with Gasteiger partial charge in [-0.15, -0.1) is 0 Å². The third-order valence-electron chi connectivity index (χ3n) is 3.96. The number of carbonyl (C=O) groups excluding carboxylic acids is 2. The van der Waals surface area contributed by atoms with Crippen molar-refractivity contribution in [3.05, 3.63) is 65.5 Å². The molecular formula is C20H25N3O2. The Bertz CT molecular complexity index is 697. The Hall–Kier alpha value is -2.69. The van der Waals surface area contributed by atoms with Gasteiger partial charge < -0.3 is 10.6 Å². The highest BCUT2D eigenvalue weighted by Gasteiger charge is 2.24. The van der Waals surface area contributed by atoms with Crippen LogP contribution in [-0.4, -0.2) is 29.4 Å². The molecule has 1 aromatic heterocycles. The number of aromatic nitrogens is 1. The largest absolute Gasteiger partial charge is 0.354 e. The molecule has 1 aromatic carbocycles. The monoisotopic (exact) mass is 339 g/mol. The number of carbonyl (C=O) groups is 2. The van der Waals surface area contributed by atoms with Crippen LogP contribution in [0, 0.1) is 12.8 Å². The van der Waals surface area contributed by atoms with Gasteiger partial charge in [-0.3, -0.25) is 14.6 Å². The zero-order valence-corrected chi connectivity index (χ0v) is 15.0. The molecule has 25 heavy (non-hydrogen) atoms. The first-order chi connectivity index (χ1) is 12.0. The molecule has 1 unspecified atom stereocenters. The van der Waals surface area contributed by atoms with Crippen molar-refractivity contribution in [1.82, 2.24) is 15.6 Å². The summed E-state index contributed by atoms with van der Waals surface area (Å²) in [6.45, 7) is 6.28. The van der Waals surface area contributed by atoms with Crippen LogP contribution in [0.5, 0.6) is 0 Å². The summed E-state index contributed by atoms with van der Waals surface area (Å²) in [7, 11) is 0. The molecule has 0 spiro atoms. The lowest BCUT2D eigenvalue weighted by atomic mass is 10.0. The van der Waals surface area contributed by atoms with Gasteiger partial charge in [-0.2, -0.15) is 0 Å². The number of hydrogen-bond acceptors (Lipinski definition) is 3. The maximum atomic E-state index is 12.4. The molecule has 5 heteroatoms. The molecule has 0 fully saturated rings. The van der Waals surface area contributed by atoms with Crippen molar-refractivity contribution >= 4 is 11.8 Å². The number of nitrogens with one attached hydrogen (secondary N) is 2. The fourth-order valence-corrected chi connectivity index (χ4v) is 2.43. The topological polar surface area (TPSA) is 71.1 Å². The molecule has 0 saturated heterocycles. The van der Waals surface area contributed by atoms with Gasteiger partial charge >= 0.3 is 0 Å². The molecular weight excluding hydrogens is 314 g/mol. The maximum Gasteiger partial charge on any atom is 0.251 e. The summed E-state index contributed by atoms with van der Waals surface area (Å²) in [6, 6.07) is 12.4. The molecule has 2 N–H and O–H groups in total. The second-order valence-electron chi connectivity index (χ2n) is 6.42. The molecule has 0 aliphatic carbocycles. The van der Waals surface area contributed by atoms with Gasteiger partial charge in [-0.1, -0.05) is 37.6 Å². The van der Waals surface area contributed by atoms with Gasteiger partial charge in [-0.25, -0.2) is 0 Å². The van der Waals surface area contributed by atoms with E-state index in [1.54, 1.807) is 18.3 Å². The van der Waals surface area contributed by atoms with Crippen molar-refractivity contribution in [3.8, 4) is 0 Å². The van der Waals surface area contributed by atoms with Crippen molar-refractivity contribution < 1.29 is 9.59 Å². The SMILES string of the molecule is Cc1ccc(C(=O)NC(C(=O)NCCc2ccccn2)C(C)C)cc1. The highest BCUT2D eigenvalue weighted by Crippen LogP contribution is 2.07. The summed E-state index contributed by atoms with van der Waals surface area (Å²) >= 11 is 0. The third-order valence-corrected chi connectivity index (χ3v) is 3.96. The average Bonchev–Trinajstić information content (AvgIpc) is 2.60. The average molecular weight is 339 g/mol. The minimum Gasteiger partial charge on any atom is -0.354 e. The van der Waals surface area contributed by atoms with E-state index >= 15 is 0 Å². The highest BCUT2D eigenvalue weighted by atomic mass is 16.2. The Kier molecular flexibility index (Phi) is 6.69. The Morgan fingerprint density at radius 3 is 2.40 bits per heavy atom. The highest BCUT2D eigenvalue weighted by molar-refractivity contribution is 5.97. The van der Waals surface area contributed by atoms with Gasteiger partial charge in [-0.05, 0) is 37.1 Å². The molecule has 5 nitrogen and oxygen atoms in total. The van der Waals surface area contributed by atoms with E-state index in [2.05, 4.69) is 15.6 Å². The molecule has 0 aliphatic heterocycles. The standard InChI is InChI=1S/C20H25N3O2/c1-14(2)18(23-19(24)16-9-7-15(3)8-10-16)20(25)22-13-11-17-6-4-5-12-21-17/h4-10,12,14,18H,11,13H2,1-3H3,(H,22,25)(H,23,24). The van der Waals surface area contributed by atoms with Gasteiger partial charge in [0.2, 0.25) is 5.91 Å². The molecule has 0 saturated carbocycles. The lowest BCUT2D eigenvalue weighted by Gasteiger charge is -2.21. The second-order valence-corrected chi connectivity index (χ2v) is 6.42. The Balaban J connectivity index is 1.91. The number of rotatable bonds is 7. The van der Waals surface area contributed by atoms with E-state index in [1.807, 2.05) is 51.1 Å². The number of nitrogens with zero attached hydrogens (tertiary/aromatic N) is 1. The van der Waals surface area contributed by atoms with Crippen LogP contribution >= 0.6 is 0 Å². The first-order valence-corrected chi connectivity index (χ1v) is 8.52. The predicted molar refractivity (Wildman–Crippen MR) is 98.2 cm³/mol. The summed E-state index contributed by atoms with van der Waals surface area (Å²) < 4.78 is 0. The van der Waals surface area contributed by atoms with Crippen LogP contribution in [0.15, 0.2) is 48.7 Å². The molecule has 0 radical (unpaired) electrons. The van der Waals surface area contributed by atoms with Crippen molar-refractivity contribution in [2.75, 3.05) is 6.54 Å². The number of pyridine rings is 1. The van der Waals surface area contributed by atoms with Crippen LogP contribution in [0.3, 0.4) is 0 Å². The lowest BCUT2D eigenvalue weighted by Crippen LogP contribution is -2.50.